The Labute approximate surface area is 139 Å². The van der Waals surface area contributed by atoms with Gasteiger partial charge >= 0.3 is 0 Å². The highest BCUT2D eigenvalue weighted by atomic mass is 35.5. The maximum atomic E-state index is 11.8. The molecule has 0 aliphatic carbocycles. The Bertz CT molecular complexity index is 1060. The zero-order valence-electron chi connectivity index (χ0n) is 12.9. The summed E-state index contributed by atoms with van der Waals surface area (Å²) < 4.78 is 25.4. The summed E-state index contributed by atoms with van der Waals surface area (Å²) in [4.78, 5) is 4.77. The van der Waals surface area contributed by atoms with E-state index in [4.69, 9.17) is 16.6 Å². The minimum absolute atomic E-state index is 0.119. The number of aromatic nitrogens is 3. The van der Waals surface area contributed by atoms with Gasteiger partial charge in [-0.25, -0.2) is 18.1 Å². The van der Waals surface area contributed by atoms with Crippen LogP contribution < -0.4 is 0 Å². The van der Waals surface area contributed by atoms with Crippen molar-refractivity contribution in [3.8, 4) is 0 Å². The Morgan fingerprint density at radius 2 is 2.09 bits per heavy atom. The molecule has 1 aromatic carbocycles. The number of halogens is 1. The fourth-order valence-corrected chi connectivity index (χ4v) is 5.41. The smallest absolute Gasteiger partial charge is 0.160 e. The van der Waals surface area contributed by atoms with Gasteiger partial charge in [0.25, 0.3) is 0 Å². The summed E-state index contributed by atoms with van der Waals surface area (Å²) in [7, 11) is -2.99. The summed E-state index contributed by atoms with van der Waals surface area (Å²) in [6.45, 7) is 3.88. The molecule has 0 N–H and O–H groups in total. The van der Waals surface area contributed by atoms with Gasteiger partial charge in [0.1, 0.15) is 0 Å². The molecule has 2 aromatic heterocycles. The summed E-state index contributed by atoms with van der Waals surface area (Å²) in [5.74, 6) is 0.326. The first-order valence-corrected chi connectivity index (χ1v) is 9.71. The molecule has 120 valence electrons. The molecule has 5 nitrogen and oxygen atoms in total. The van der Waals surface area contributed by atoms with Gasteiger partial charge < -0.3 is 0 Å². The van der Waals surface area contributed by atoms with Crippen LogP contribution in [0.25, 0.3) is 21.9 Å². The largest absolute Gasteiger partial charge is 0.243 e. The number of hydrogen-bond acceptors (Lipinski definition) is 4. The summed E-state index contributed by atoms with van der Waals surface area (Å²) in [5, 5.41) is 6.91. The van der Waals surface area contributed by atoms with Crippen LogP contribution >= 0.6 is 11.6 Å². The predicted molar refractivity (Wildman–Crippen MR) is 91.8 cm³/mol. The van der Waals surface area contributed by atoms with Crippen LogP contribution in [0.1, 0.15) is 23.7 Å². The van der Waals surface area contributed by atoms with Crippen molar-refractivity contribution < 1.29 is 8.42 Å². The van der Waals surface area contributed by atoms with Crippen molar-refractivity contribution >= 4 is 43.4 Å². The summed E-state index contributed by atoms with van der Waals surface area (Å²) in [5.41, 5.74) is 3.34. The van der Waals surface area contributed by atoms with Crippen LogP contribution in [0.5, 0.6) is 0 Å². The number of aryl methyl sites for hydroxylation is 2. The van der Waals surface area contributed by atoms with Crippen LogP contribution in [0, 0.1) is 13.8 Å². The SMILES string of the molecule is Cc1cccc2c(Cl)c3c(C)nn([C@@H]4CCS(=O)(=O)C4)c3nc12. The molecule has 1 aliphatic heterocycles. The Hall–Kier alpha value is -1.66. The molecular formula is C16H16ClN3O2S. The lowest BCUT2D eigenvalue weighted by Gasteiger charge is -2.11. The third-order valence-electron chi connectivity index (χ3n) is 4.53. The highest BCUT2D eigenvalue weighted by molar-refractivity contribution is 7.91. The summed E-state index contributed by atoms with van der Waals surface area (Å²) in [6, 6.07) is 5.74. The average molecular weight is 350 g/mol. The van der Waals surface area contributed by atoms with Crippen LogP contribution in [0.4, 0.5) is 0 Å². The minimum Gasteiger partial charge on any atom is -0.243 e. The molecule has 0 unspecified atom stereocenters. The first-order chi connectivity index (χ1) is 10.9. The standard InChI is InChI=1S/C16H16ClN3O2S/c1-9-4-3-5-12-14(17)13-10(2)19-20(16(13)18-15(9)12)11-6-7-23(21,22)8-11/h3-5,11H,6-8H2,1-2H3/t11-/m1/s1. The van der Waals surface area contributed by atoms with Gasteiger partial charge in [-0.05, 0) is 25.8 Å². The lowest BCUT2D eigenvalue weighted by atomic mass is 10.1. The van der Waals surface area contributed by atoms with E-state index in [9.17, 15) is 8.42 Å². The van der Waals surface area contributed by atoms with Crippen molar-refractivity contribution in [1.29, 1.82) is 0 Å². The molecule has 1 atom stereocenters. The predicted octanol–water partition coefficient (Wildman–Crippen LogP) is 3.21. The third kappa shape index (κ3) is 2.23. The van der Waals surface area contributed by atoms with Crippen molar-refractivity contribution in [3.63, 3.8) is 0 Å². The second-order valence-electron chi connectivity index (χ2n) is 6.18. The molecule has 0 spiro atoms. The maximum absolute atomic E-state index is 11.8. The van der Waals surface area contributed by atoms with E-state index in [-0.39, 0.29) is 17.5 Å². The zero-order chi connectivity index (χ0) is 16.4. The Morgan fingerprint density at radius 3 is 2.78 bits per heavy atom. The first-order valence-electron chi connectivity index (χ1n) is 7.51. The van der Waals surface area contributed by atoms with Crippen LogP contribution in [-0.4, -0.2) is 34.7 Å². The average Bonchev–Trinajstić information content (AvgIpc) is 3.01. The Kier molecular flexibility index (Phi) is 3.19. The van der Waals surface area contributed by atoms with E-state index in [1.807, 2.05) is 32.0 Å². The quantitative estimate of drug-likeness (QED) is 0.676. The number of fused-ring (bicyclic) bond motifs is 2. The number of sulfone groups is 1. The Morgan fingerprint density at radius 1 is 1.30 bits per heavy atom. The molecule has 4 rings (SSSR count). The monoisotopic (exact) mass is 349 g/mol. The molecule has 23 heavy (non-hydrogen) atoms. The molecule has 1 fully saturated rings. The van der Waals surface area contributed by atoms with E-state index in [1.54, 1.807) is 4.68 Å². The van der Waals surface area contributed by atoms with Crippen molar-refractivity contribution in [2.24, 2.45) is 0 Å². The highest BCUT2D eigenvalue weighted by Crippen LogP contribution is 2.36. The normalized spacial score (nSPS) is 20.6. The molecule has 0 bridgehead atoms. The second kappa shape index (κ2) is 4.92. The third-order valence-corrected chi connectivity index (χ3v) is 6.67. The van der Waals surface area contributed by atoms with E-state index >= 15 is 0 Å². The molecule has 1 saturated heterocycles. The molecular weight excluding hydrogens is 334 g/mol. The first kappa shape index (κ1) is 14.9. The van der Waals surface area contributed by atoms with Gasteiger partial charge in [-0.1, -0.05) is 29.8 Å². The van der Waals surface area contributed by atoms with Gasteiger partial charge in [-0.15, -0.1) is 0 Å². The van der Waals surface area contributed by atoms with Crippen LogP contribution in [0.3, 0.4) is 0 Å². The van der Waals surface area contributed by atoms with Crippen LogP contribution in [0.15, 0.2) is 18.2 Å². The van der Waals surface area contributed by atoms with Crippen molar-refractivity contribution in [1.82, 2.24) is 14.8 Å². The van der Waals surface area contributed by atoms with Crippen LogP contribution in [0.2, 0.25) is 5.02 Å². The van der Waals surface area contributed by atoms with Crippen LogP contribution in [-0.2, 0) is 9.84 Å². The van der Waals surface area contributed by atoms with Gasteiger partial charge in [-0.2, -0.15) is 5.10 Å². The van der Waals surface area contributed by atoms with Crippen molar-refractivity contribution in [2.45, 2.75) is 26.3 Å². The molecule has 3 aromatic rings. The van der Waals surface area contributed by atoms with Gasteiger partial charge in [0, 0.05) is 5.39 Å². The second-order valence-corrected chi connectivity index (χ2v) is 8.79. The minimum atomic E-state index is -2.99. The van der Waals surface area contributed by atoms with Gasteiger partial charge in [0.05, 0.1) is 39.2 Å². The maximum Gasteiger partial charge on any atom is 0.160 e. The van der Waals surface area contributed by atoms with Crippen molar-refractivity contribution in [3.05, 3.63) is 34.5 Å². The van der Waals surface area contributed by atoms with E-state index < -0.39 is 9.84 Å². The topological polar surface area (TPSA) is 64.8 Å². The number of rotatable bonds is 1. The Balaban J connectivity index is 2.04. The van der Waals surface area contributed by atoms with Gasteiger partial charge in [0.2, 0.25) is 0 Å². The highest BCUT2D eigenvalue weighted by Gasteiger charge is 2.32. The van der Waals surface area contributed by atoms with Crippen molar-refractivity contribution in [2.75, 3.05) is 11.5 Å². The molecule has 0 saturated carbocycles. The molecule has 1 aliphatic rings. The summed E-state index contributed by atoms with van der Waals surface area (Å²) in [6.07, 6.45) is 0.573. The number of para-hydroxylation sites is 1. The number of benzene rings is 1. The molecule has 0 radical (unpaired) electrons. The van der Waals surface area contributed by atoms with Gasteiger partial charge in [-0.3, -0.25) is 0 Å². The molecule has 0 amide bonds. The number of hydrogen-bond donors (Lipinski definition) is 0. The van der Waals surface area contributed by atoms with E-state index in [0.29, 0.717) is 17.1 Å². The lowest BCUT2D eigenvalue weighted by Crippen LogP contribution is -2.13. The fraction of sp³-hybridized carbons (Fsp3) is 0.375. The molecule has 7 heteroatoms. The molecule has 3 heterocycles. The summed E-state index contributed by atoms with van der Waals surface area (Å²) >= 11 is 6.62. The van der Waals surface area contributed by atoms with Gasteiger partial charge in [0.15, 0.2) is 15.5 Å². The fourth-order valence-electron chi connectivity index (χ4n) is 3.35. The van der Waals surface area contributed by atoms with E-state index in [2.05, 4.69) is 5.10 Å². The van der Waals surface area contributed by atoms with E-state index in [1.165, 1.54) is 0 Å². The zero-order valence-corrected chi connectivity index (χ0v) is 14.4. The number of pyridine rings is 1. The van der Waals surface area contributed by atoms with E-state index in [0.717, 1.165) is 27.5 Å². The lowest BCUT2D eigenvalue weighted by molar-refractivity contribution is 0.509. The number of nitrogens with zero attached hydrogens (tertiary/aromatic N) is 3.